The van der Waals surface area contributed by atoms with E-state index in [2.05, 4.69) is 0 Å². The van der Waals surface area contributed by atoms with Crippen molar-refractivity contribution in [3.8, 4) is 22.8 Å². The zero-order valence-corrected chi connectivity index (χ0v) is 18.0. The second-order valence-electron chi connectivity index (χ2n) is 8.16. The highest BCUT2D eigenvalue weighted by Gasteiger charge is 2.37. The third kappa shape index (κ3) is 4.09. The maximum atomic E-state index is 13.1. The summed E-state index contributed by atoms with van der Waals surface area (Å²) in [5, 5.41) is 10.6. The number of aliphatic carboxylic acids is 1. The van der Waals surface area contributed by atoms with Gasteiger partial charge in [-0.05, 0) is 74.4 Å². The highest BCUT2D eigenvalue weighted by molar-refractivity contribution is 5.93. The van der Waals surface area contributed by atoms with Crippen LogP contribution in [0.4, 0.5) is 10.3 Å². The van der Waals surface area contributed by atoms with Crippen molar-refractivity contribution in [3.05, 3.63) is 78.6 Å². The molecule has 1 N–H and O–H groups in total. The number of carboxylic acids is 1. The van der Waals surface area contributed by atoms with Crippen LogP contribution in [0, 0.1) is 5.82 Å². The van der Waals surface area contributed by atoms with Crippen LogP contribution in [-0.4, -0.2) is 33.1 Å². The molecular formula is C26H22FN3O3. The van der Waals surface area contributed by atoms with Gasteiger partial charge in [0.15, 0.2) is 0 Å². The van der Waals surface area contributed by atoms with Crippen LogP contribution in [0.25, 0.3) is 22.2 Å². The molecule has 1 fully saturated rings. The molecule has 166 valence electrons. The predicted octanol–water partition coefficient (Wildman–Crippen LogP) is 5.67. The van der Waals surface area contributed by atoms with E-state index in [1.807, 2.05) is 60.4 Å². The van der Waals surface area contributed by atoms with Gasteiger partial charge in [-0.15, -0.1) is 0 Å². The molecule has 0 aliphatic carbocycles. The van der Waals surface area contributed by atoms with Crippen molar-refractivity contribution in [3.63, 3.8) is 0 Å². The summed E-state index contributed by atoms with van der Waals surface area (Å²) in [6, 6.07) is 20.4. The Balaban J connectivity index is 1.53. The van der Waals surface area contributed by atoms with Crippen molar-refractivity contribution in [2.24, 2.45) is 0 Å². The van der Waals surface area contributed by atoms with Gasteiger partial charge >= 0.3 is 5.97 Å². The Kier molecular flexibility index (Phi) is 5.38. The molecule has 4 aromatic rings. The van der Waals surface area contributed by atoms with Gasteiger partial charge in [0.2, 0.25) is 5.95 Å². The molecule has 0 spiro atoms. The molecule has 0 radical (unpaired) electrons. The smallest absolute Gasteiger partial charge is 0.326 e. The van der Waals surface area contributed by atoms with Crippen molar-refractivity contribution in [2.75, 3.05) is 4.90 Å². The van der Waals surface area contributed by atoms with Crippen LogP contribution in [0.1, 0.15) is 19.8 Å². The first kappa shape index (κ1) is 20.9. The molecule has 33 heavy (non-hydrogen) atoms. The minimum Gasteiger partial charge on any atom is -0.480 e. The molecule has 1 aliphatic heterocycles. The van der Waals surface area contributed by atoms with Crippen molar-refractivity contribution in [1.82, 2.24) is 9.97 Å². The number of ether oxygens (including phenoxy) is 1. The summed E-state index contributed by atoms with van der Waals surface area (Å²) in [6.45, 7) is 2.00. The molecule has 5 rings (SSSR count). The maximum absolute atomic E-state index is 13.1. The van der Waals surface area contributed by atoms with E-state index >= 15 is 0 Å². The Hall–Kier alpha value is -4.00. The average Bonchev–Trinajstić information content (AvgIpc) is 3.22. The van der Waals surface area contributed by atoms with E-state index in [1.54, 1.807) is 12.1 Å². The largest absolute Gasteiger partial charge is 0.480 e. The van der Waals surface area contributed by atoms with E-state index in [-0.39, 0.29) is 11.9 Å². The molecule has 1 aromatic heterocycles. The van der Waals surface area contributed by atoms with E-state index in [0.29, 0.717) is 23.9 Å². The van der Waals surface area contributed by atoms with Crippen LogP contribution in [0.15, 0.2) is 72.8 Å². The van der Waals surface area contributed by atoms with Gasteiger partial charge in [-0.3, -0.25) is 0 Å². The second kappa shape index (κ2) is 8.50. The lowest BCUT2D eigenvalue weighted by Gasteiger charge is -2.26. The topological polar surface area (TPSA) is 75.5 Å². The lowest BCUT2D eigenvalue weighted by Crippen LogP contribution is -2.40. The summed E-state index contributed by atoms with van der Waals surface area (Å²) in [7, 11) is 0. The summed E-state index contributed by atoms with van der Waals surface area (Å²) >= 11 is 0. The van der Waals surface area contributed by atoms with E-state index < -0.39 is 12.0 Å². The molecule has 7 heteroatoms. The summed E-state index contributed by atoms with van der Waals surface area (Å²) in [4.78, 5) is 23.2. The average molecular weight is 443 g/mol. The van der Waals surface area contributed by atoms with E-state index in [1.165, 1.54) is 12.1 Å². The molecule has 1 aliphatic rings. The highest BCUT2D eigenvalue weighted by Crippen LogP contribution is 2.34. The fourth-order valence-corrected chi connectivity index (χ4v) is 4.28. The standard InChI is InChI=1S/C26H22FN3O3/c1-16-6-15-23(25(31)32)30(16)26-28-22-5-3-2-4-21(22)24(29-26)17-7-11-19(12-8-17)33-20-13-9-18(27)10-14-20/h2-5,7-14,16,23H,6,15H2,1H3,(H,31,32). The summed E-state index contributed by atoms with van der Waals surface area (Å²) in [5.41, 5.74) is 2.35. The fourth-order valence-electron chi connectivity index (χ4n) is 4.28. The molecule has 0 saturated carbocycles. The number of carboxylic acid groups (broad SMARTS) is 1. The van der Waals surface area contributed by atoms with Crippen molar-refractivity contribution >= 4 is 22.8 Å². The zero-order valence-electron chi connectivity index (χ0n) is 18.0. The number of aromatic nitrogens is 2. The SMILES string of the molecule is CC1CCC(C(=O)O)N1c1nc(-c2ccc(Oc3ccc(F)cc3)cc2)c2ccccc2n1. The predicted molar refractivity (Wildman–Crippen MR) is 124 cm³/mol. The number of fused-ring (bicyclic) bond motifs is 1. The first-order chi connectivity index (χ1) is 16.0. The van der Waals surface area contributed by atoms with Gasteiger partial charge in [-0.1, -0.05) is 18.2 Å². The summed E-state index contributed by atoms with van der Waals surface area (Å²) in [5.74, 6) is 0.402. The molecule has 2 unspecified atom stereocenters. The van der Waals surface area contributed by atoms with Gasteiger partial charge in [0.25, 0.3) is 0 Å². The van der Waals surface area contributed by atoms with Crippen molar-refractivity contribution < 1.29 is 19.0 Å². The number of rotatable bonds is 5. The molecule has 1 saturated heterocycles. The maximum Gasteiger partial charge on any atom is 0.326 e. The number of hydrogen-bond acceptors (Lipinski definition) is 5. The monoisotopic (exact) mass is 443 g/mol. The lowest BCUT2D eigenvalue weighted by molar-refractivity contribution is -0.138. The van der Waals surface area contributed by atoms with Crippen LogP contribution in [0.2, 0.25) is 0 Å². The molecule has 3 aromatic carbocycles. The van der Waals surface area contributed by atoms with Crippen LogP contribution in [0.5, 0.6) is 11.5 Å². The molecule has 0 amide bonds. The number of benzene rings is 3. The molecular weight excluding hydrogens is 421 g/mol. The quantitative estimate of drug-likeness (QED) is 0.428. The van der Waals surface area contributed by atoms with Crippen LogP contribution >= 0.6 is 0 Å². The molecule has 0 bridgehead atoms. The molecule has 6 nitrogen and oxygen atoms in total. The normalized spacial score (nSPS) is 17.9. The van der Waals surface area contributed by atoms with Gasteiger partial charge in [-0.2, -0.15) is 0 Å². The number of anilines is 1. The first-order valence-electron chi connectivity index (χ1n) is 10.8. The molecule has 2 heterocycles. The van der Waals surface area contributed by atoms with Gasteiger partial charge < -0.3 is 14.7 Å². The summed E-state index contributed by atoms with van der Waals surface area (Å²) in [6.07, 6.45) is 1.34. The highest BCUT2D eigenvalue weighted by atomic mass is 19.1. The molecule has 2 atom stereocenters. The van der Waals surface area contributed by atoms with Gasteiger partial charge in [-0.25, -0.2) is 19.2 Å². The summed E-state index contributed by atoms with van der Waals surface area (Å²) < 4.78 is 18.9. The van der Waals surface area contributed by atoms with Crippen molar-refractivity contribution in [1.29, 1.82) is 0 Å². The minimum atomic E-state index is -0.861. The van der Waals surface area contributed by atoms with Crippen LogP contribution in [-0.2, 0) is 4.79 Å². The van der Waals surface area contributed by atoms with Gasteiger partial charge in [0, 0.05) is 17.0 Å². The van der Waals surface area contributed by atoms with Crippen LogP contribution in [0.3, 0.4) is 0 Å². The third-order valence-electron chi connectivity index (χ3n) is 5.95. The Morgan fingerprint density at radius 3 is 2.33 bits per heavy atom. The van der Waals surface area contributed by atoms with E-state index in [9.17, 15) is 14.3 Å². The Labute approximate surface area is 190 Å². The first-order valence-corrected chi connectivity index (χ1v) is 10.8. The van der Waals surface area contributed by atoms with Gasteiger partial charge in [0.05, 0.1) is 11.2 Å². The number of hydrogen-bond donors (Lipinski definition) is 1. The third-order valence-corrected chi connectivity index (χ3v) is 5.95. The number of para-hydroxylation sites is 1. The van der Waals surface area contributed by atoms with Crippen LogP contribution < -0.4 is 9.64 Å². The second-order valence-corrected chi connectivity index (χ2v) is 8.16. The Bertz CT molecular complexity index is 1310. The number of halogens is 1. The Morgan fingerprint density at radius 1 is 0.970 bits per heavy atom. The number of carbonyl (C=O) groups is 1. The lowest BCUT2D eigenvalue weighted by atomic mass is 10.1. The minimum absolute atomic E-state index is 0.0339. The van der Waals surface area contributed by atoms with Crippen molar-refractivity contribution in [2.45, 2.75) is 31.8 Å². The zero-order chi connectivity index (χ0) is 22.9. The van der Waals surface area contributed by atoms with Gasteiger partial charge in [0.1, 0.15) is 23.4 Å². The fraction of sp³-hybridized carbons (Fsp3) is 0.192. The number of nitrogens with zero attached hydrogens (tertiary/aromatic N) is 3. The van der Waals surface area contributed by atoms with E-state index in [4.69, 9.17) is 14.7 Å². The Morgan fingerprint density at radius 2 is 1.64 bits per heavy atom. The van der Waals surface area contributed by atoms with E-state index in [0.717, 1.165) is 28.6 Å².